The van der Waals surface area contributed by atoms with E-state index in [4.69, 9.17) is 10.2 Å². The van der Waals surface area contributed by atoms with Crippen LogP contribution in [-0.2, 0) is 4.79 Å². The summed E-state index contributed by atoms with van der Waals surface area (Å²) >= 11 is 0. The lowest BCUT2D eigenvalue weighted by molar-refractivity contribution is -0.124. The number of aliphatic hydroxyl groups excluding tert-OH is 2. The molecular formula is C7H15NO3. The molecule has 4 nitrogen and oxygen atoms in total. The van der Waals surface area contributed by atoms with Crippen molar-refractivity contribution in [3.63, 3.8) is 0 Å². The second-order valence-corrected chi connectivity index (χ2v) is 2.40. The van der Waals surface area contributed by atoms with Crippen LogP contribution in [0.4, 0.5) is 0 Å². The molecule has 0 unspecified atom stereocenters. The number of hydrogen-bond acceptors (Lipinski definition) is 3. The summed E-state index contributed by atoms with van der Waals surface area (Å²) in [4.78, 5) is 10.4. The Bertz CT molecular complexity index is 116. The van der Waals surface area contributed by atoms with Crippen molar-refractivity contribution >= 4 is 5.91 Å². The molecule has 0 aliphatic rings. The molecule has 0 fully saturated rings. The average Bonchev–Trinajstić information content (AvgIpc) is 2.01. The largest absolute Gasteiger partial charge is 0.391 e. The SMILES string of the molecule is CCC[C@@H](O)CNC(=O)CO. The van der Waals surface area contributed by atoms with Gasteiger partial charge in [0, 0.05) is 6.54 Å². The first-order valence-corrected chi connectivity index (χ1v) is 3.76. The number of carbonyl (C=O) groups is 1. The van der Waals surface area contributed by atoms with Crippen LogP contribution in [0.25, 0.3) is 0 Å². The first-order chi connectivity index (χ1) is 5.20. The van der Waals surface area contributed by atoms with Gasteiger partial charge in [-0.25, -0.2) is 0 Å². The van der Waals surface area contributed by atoms with Crippen LogP contribution in [0.3, 0.4) is 0 Å². The van der Waals surface area contributed by atoms with Gasteiger partial charge in [0.1, 0.15) is 6.61 Å². The molecule has 0 aliphatic heterocycles. The lowest BCUT2D eigenvalue weighted by Crippen LogP contribution is -2.33. The Balaban J connectivity index is 3.29. The van der Waals surface area contributed by atoms with Gasteiger partial charge in [-0.2, -0.15) is 0 Å². The van der Waals surface area contributed by atoms with Crippen molar-refractivity contribution in [2.24, 2.45) is 0 Å². The number of rotatable bonds is 5. The molecule has 0 spiro atoms. The van der Waals surface area contributed by atoms with Crippen molar-refractivity contribution < 1.29 is 15.0 Å². The predicted octanol–water partition coefficient (Wildman–Crippen LogP) is -0.744. The maximum atomic E-state index is 10.4. The van der Waals surface area contributed by atoms with Gasteiger partial charge in [0.05, 0.1) is 6.10 Å². The van der Waals surface area contributed by atoms with Crippen molar-refractivity contribution in [2.75, 3.05) is 13.2 Å². The summed E-state index contributed by atoms with van der Waals surface area (Å²) in [6.07, 6.45) is 1.07. The fraction of sp³-hybridized carbons (Fsp3) is 0.857. The second-order valence-electron chi connectivity index (χ2n) is 2.40. The molecule has 11 heavy (non-hydrogen) atoms. The highest BCUT2D eigenvalue weighted by molar-refractivity contribution is 5.76. The van der Waals surface area contributed by atoms with Gasteiger partial charge in [-0.3, -0.25) is 4.79 Å². The monoisotopic (exact) mass is 161 g/mol. The van der Waals surface area contributed by atoms with Gasteiger partial charge in [-0.15, -0.1) is 0 Å². The van der Waals surface area contributed by atoms with Crippen LogP contribution in [0, 0.1) is 0 Å². The van der Waals surface area contributed by atoms with E-state index in [0.717, 1.165) is 6.42 Å². The summed E-state index contributed by atoms with van der Waals surface area (Å²) < 4.78 is 0. The molecule has 0 aromatic rings. The van der Waals surface area contributed by atoms with Crippen LogP contribution < -0.4 is 5.32 Å². The van der Waals surface area contributed by atoms with Gasteiger partial charge in [0.2, 0.25) is 5.91 Å². The van der Waals surface area contributed by atoms with Crippen molar-refractivity contribution in [3.8, 4) is 0 Å². The van der Waals surface area contributed by atoms with Gasteiger partial charge in [0.25, 0.3) is 0 Å². The van der Waals surface area contributed by atoms with Gasteiger partial charge >= 0.3 is 0 Å². The third-order valence-corrected chi connectivity index (χ3v) is 1.30. The van der Waals surface area contributed by atoms with Crippen molar-refractivity contribution in [3.05, 3.63) is 0 Å². The zero-order valence-electron chi connectivity index (χ0n) is 6.71. The van der Waals surface area contributed by atoms with E-state index in [1.54, 1.807) is 0 Å². The van der Waals surface area contributed by atoms with Gasteiger partial charge in [-0.05, 0) is 6.42 Å². The molecule has 1 amide bonds. The maximum absolute atomic E-state index is 10.4. The molecule has 0 saturated heterocycles. The van der Waals surface area contributed by atoms with Gasteiger partial charge in [-0.1, -0.05) is 13.3 Å². The van der Waals surface area contributed by atoms with Crippen molar-refractivity contribution in [1.29, 1.82) is 0 Å². The summed E-state index contributed by atoms with van der Waals surface area (Å²) in [5, 5.41) is 19.8. The minimum Gasteiger partial charge on any atom is -0.391 e. The highest BCUT2D eigenvalue weighted by atomic mass is 16.3. The molecule has 1 atom stereocenters. The Morgan fingerprint density at radius 3 is 2.73 bits per heavy atom. The van der Waals surface area contributed by atoms with Crippen LogP contribution in [0.1, 0.15) is 19.8 Å². The first-order valence-electron chi connectivity index (χ1n) is 3.76. The first kappa shape index (κ1) is 10.4. The molecule has 0 aromatic heterocycles. The Hall–Kier alpha value is -0.610. The van der Waals surface area contributed by atoms with Crippen LogP contribution >= 0.6 is 0 Å². The van der Waals surface area contributed by atoms with Gasteiger partial charge in [0.15, 0.2) is 0 Å². The fourth-order valence-corrected chi connectivity index (χ4v) is 0.723. The highest BCUT2D eigenvalue weighted by Gasteiger charge is 2.03. The Kier molecular flexibility index (Phi) is 5.78. The molecule has 3 N–H and O–H groups in total. The second kappa shape index (κ2) is 6.12. The molecule has 0 radical (unpaired) electrons. The van der Waals surface area contributed by atoms with Gasteiger partial charge < -0.3 is 15.5 Å². The summed E-state index contributed by atoms with van der Waals surface area (Å²) in [5.41, 5.74) is 0. The molecular weight excluding hydrogens is 146 g/mol. The van der Waals surface area contributed by atoms with E-state index in [9.17, 15) is 4.79 Å². The van der Waals surface area contributed by atoms with E-state index < -0.39 is 18.6 Å². The number of carbonyl (C=O) groups excluding carboxylic acids is 1. The Morgan fingerprint density at radius 1 is 1.64 bits per heavy atom. The zero-order chi connectivity index (χ0) is 8.69. The van der Waals surface area contributed by atoms with E-state index >= 15 is 0 Å². The Labute approximate surface area is 66.2 Å². The summed E-state index contributed by atoms with van der Waals surface area (Å²) in [7, 11) is 0. The molecule has 0 saturated carbocycles. The molecule has 4 heteroatoms. The average molecular weight is 161 g/mol. The topological polar surface area (TPSA) is 69.6 Å². The van der Waals surface area contributed by atoms with Crippen LogP contribution in [0.2, 0.25) is 0 Å². The number of amides is 1. The van der Waals surface area contributed by atoms with Crippen molar-refractivity contribution in [2.45, 2.75) is 25.9 Å². The molecule has 0 heterocycles. The Morgan fingerprint density at radius 2 is 2.27 bits per heavy atom. The maximum Gasteiger partial charge on any atom is 0.245 e. The lowest BCUT2D eigenvalue weighted by atomic mass is 10.2. The smallest absolute Gasteiger partial charge is 0.245 e. The summed E-state index contributed by atoms with van der Waals surface area (Å²) in [5.74, 6) is -0.444. The molecule has 0 aliphatic carbocycles. The van der Waals surface area contributed by atoms with Crippen LogP contribution in [0.5, 0.6) is 0 Å². The lowest BCUT2D eigenvalue weighted by Gasteiger charge is -2.08. The van der Waals surface area contributed by atoms with E-state index in [0.29, 0.717) is 6.42 Å². The van der Waals surface area contributed by atoms with Crippen LogP contribution in [0.15, 0.2) is 0 Å². The summed E-state index contributed by atoms with van der Waals surface area (Å²) in [6.45, 7) is 1.67. The molecule has 0 bridgehead atoms. The molecule has 0 aromatic carbocycles. The highest BCUT2D eigenvalue weighted by Crippen LogP contribution is 1.93. The number of hydrogen-bond donors (Lipinski definition) is 3. The standard InChI is InChI=1S/C7H15NO3/c1-2-3-6(10)4-8-7(11)5-9/h6,9-10H,2-5H2,1H3,(H,8,11)/t6-/m1/s1. The third-order valence-electron chi connectivity index (χ3n) is 1.30. The van der Waals surface area contributed by atoms with E-state index in [2.05, 4.69) is 5.32 Å². The van der Waals surface area contributed by atoms with E-state index in [1.807, 2.05) is 6.92 Å². The van der Waals surface area contributed by atoms with Crippen LogP contribution in [-0.4, -0.2) is 35.4 Å². The quantitative estimate of drug-likeness (QED) is 0.497. The minimum atomic E-state index is -0.515. The predicted molar refractivity (Wildman–Crippen MR) is 41.0 cm³/mol. The molecule has 66 valence electrons. The van der Waals surface area contributed by atoms with E-state index in [1.165, 1.54) is 0 Å². The molecule has 0 rings (SSSR count). The number of aliphatic hydroxyl groups is 2. The zero-order valence-corrected chi connectivity index (χ0v) is 6.71. The summed E-state index contributed by atoms with van der Waals surface area (Å²) in [6, 6.07) is 0. The van der Waals surface area contributed by atoms with E-state index in [-0.39, 0.29) is 6.54 Å². The normalized spacial score (nSPS) is 12.6. The third kappa shape index (κ3) is 5.82. The fourth-order valence-electron chi connectivity index (χ4n) is 0.723. The van der Waals surface area contributed by atoms with Crippen molar-refractivity contribution in [1.82, 2.24) is 5.32 Å². The number of nitrogens with one attached hydrogen (secondary N) is 1. The minimum absolute atomic E-state index is 0.229.